The summed E-state index contributed by atoms with van der Waals surface area (Å²) in [4.78, 5) is 0.235. The molecule has 1 aromatic rings. The lowest BCUT2D eigenvalue weighted by molar-refractivity contribution is 0.584. The molecule has 0 saturated carbocycles. The van der Waals surface area contributed by atoms with E-state index in [0.717, 1.165) is 9.99 Å². The molecule has 86 valence electrons. The number of halogens is 1. The van der Waals surface area contributed by atoms with Gasteiger partial charge in [-0.05, 0) is 17.7 Å². The second kappa shape index (κ2) is 6.18. The quantitative estimate of drug-likeness (QED) is 0.646. The van der Waals surface area contributed by atoms with E-state index < -0.39 is 10.0 Å². The van der Waals surface area contributed by atoms with Crippen molar-refractivity contribution < 1.29 is 8.42 Å². The molecule has 0 radical (unpaired) electrons. The highest BCUT2D eigenvalue weighted by molar-refractivity contribution is 14.1. The summed E-state index contributed by atoms with van der Waals surface area (Å²) in [5.41, 5.74) is 0.815. The molecule has 1 N–H and O–H groups in total. The van der Waals surface area contributed by atoms with E-state index in [1.165, 1.54) is 12.1 Å². The summed E-state index contributed by atoms with van der Waals surface area (Å²) >= 11 is 2.10. The lowest BCUT2D eigenvalue weighted by Gasteiger charge is -2.05. The normalized spacial score (nSPS) is 11.0. The fraction of sp³-hybridized carbons (Fsp3) is 0.300. The number of nitrogens with one attached hydrogen (secondary N) is 1. The van der Waals surface area contributed by atoms with Crippen LogP contribution in [0.2, 0.25) is 0 Å². The molecule has 0 unspecified atom stereocenters. The maximum Gasteiger partial charge on any atom is 0.240 e. The van der Waals surface area contributed by atoms with Gasteiger partial charge in [-0.1, -0.05) is 34.7 Å². The van der Waals surface area contributed by atoms with Crippen LogP contribution in [0.4, 0.5) is 0 Å². The SMILES string of the molecule is N#CCc1ccc(S(=O)(=O)NCCI)cc1. The molecular weight excluding hydrogens is 339 g/mol. The average Bonchev–Trinajstić information content (AvgIpc) is 2.28. The smallest absolute Gasteiger partial charge is 0.210 e. The maximum absolute atomic E-state index is 11.7. The minimum absolute atomic E-state index is 0.235. The highest BCUT2D eigenvalue weighted by Crippen LogP contribution is 2.10. The van der Waals surface area contributed by atoms with Crippen molar-refractivity contribution in [3.63, 3.8) is 0 Å². The molecule has 0 spiro atoms. The number of sulfonamides is 1. The zero-order chi connectivity index (χ0) is 12.0. The molecule has 0 aliphatic heterocycles. The first kappa shape index (κ1) is 13.4. The van der Waals surface area contributed by atoms with Gasteiger partial charge in [0.25, 0.3) is 0 Å². The molecular formula is C10H11IN2O2S. The molecule has 4 nitrogen and oxygen atoms in total. The van der Waals surface area contributed by atoms with Crippen molar-refractivity contribution in [2.75, 3.05) is 11.0 Å². The van der Waals surface area contributed by atoms with Crippen molar-refractivity contribution in [2.45, 2.75) is 11.3 Å². The van der Waals surface area contributed by atoms with E-state index in [2.05, 4.69) is 27.3 Å². The van der Waals surface area contributed by atoms with Crippen LogP contribution < -0.4 is 4.72 Å². The monoisotopic (exact) mass is 350 g/mol. The van der Waals surface area contributed by atoms with Crippen molar-refractivity contribution in [1.82, 2.24) is 4.72 Å². The summed E-state index contributed by atoms with van der Waals surface area (Å²) in [5, 5.41) is 8.48. The third-order valence-electron chi connectivity index (χ3n) is 1.90. The van der Waals surface area contributed by atoms with Gasteiger partial charge < -0.3 is 0 Å². The average molecular weight is 350 g/mol. The third-order valence-corrected chi connectivity index (χ3v) is 3.92. The lowest BCUT2D eigenvalue weighted by atomic mass is 10.2. The van der Waals surface area contributed by atoms with E-state index in [1.807, 2.05) is 6.07 Å². The first-order valence-corrected chi connectivity index (χ1v) is 7.62. The molecule has 16 heavy (non-hydrogen) atoms. The molecule has 0 aliphatic rings. The van der Waals surface area contributed by atoms with Gasteiger partial charge in [0.05, 0.1) is 17.4 Å². The van der Waals surface area contributed by atoms with E-state index in [-0.39, 0.29) is 4.90 Å². The molecule has 0 amide bonds. The van der Waals surface area contributed by atoms with Crippen LogP contribution in [0, 0.1) is 11.3 Å². The zero-order valence-electron chi connectivity index (χ0n) is 8.48. The van der Waals surface area contributed by atoms with Crippen molar-refractivity contribution in [3.8, 4) is 6.07 Å². The molecule has 1 aromatic carbocycles. The Morgan fingerprint density at radius 2 is 1.94 bits per heavy atom. The second-order valence-electron chi connectivity index (χ2n) is 3.07. The second-order valence-corrected chi connectivity index (χ2v) is 5.91. The van der Waals surface area contributed by atoms with E-state index in [4.69, 9.17) is 5.26 Å². The van der Waals surface area contributed by atoms with Crippen LogP contribution in [0.3, 0.4) is 0 Å². The zero-order valence-corrected chi connectivity index (χ0v) is 11.5. The molecule has 0 saturated heterocycles. The number of nitriles is 1. The molecule has 0 heterocycles. The van der Waals surface area contributed by atoms with Gasteiger partial charge in [0.15, 0.2) is 0 Å². The number of alkyl halides is 1. The Kier molecular flexibility index (Phi) is 5.18. The summed E-state index contributed by atoms with van der Waals surface area (Å²) in [6.45, 7) is 0.419. The number of hydrogen-bond acceptors (Lipinski definition) is 3. The van der Waals surface area contributed by atoms with E-state index >= 15 is 0 Å². The minimum atomic E-state index is -3.39. The van der Waals surface area contributed by atoms with Crippen LogP contribution in [0.25, 0.3) is 0 Å². The Labute approximate surface area is 109 Å². The first-order valence-electron chi connectivity index (χ1n) is 4.61. The standard InChI is InChI=1S/C10H11IN2O2S/c11-6-8-13-16(14,15)10-3-1-9(2-4-10)5-7-12/h1-4,13H,5-6,8H2. The Bertz CT molecular complexity index is 477. The van der Waals surface area contributed by atoms with Crippen molar-refractivity contribution >= 4 is 32.6 Å². The van der Waals surface area contributed by atoms with Crippen molar-refractivity contribution in [2.24, 2.45) is 0 Å². The Morgan fingerprint density at radius 1 is 1.31 bits per heavy atom. The fourth-order valence-corrected chi connectivity index (χ4v) is 2.80. The number of rotatable bonds is 5. The molecule has 0 aromatic heterocycles. The number of hydrogen-bond donors (Lipinski definition) is 1. The first-order chi connectivity index (χ1) is 7.60. The lowest BCUT2D eigenvalue weighted by Crippen LogP contribution is -2.25. The summed E-state index contributed by atoms with van der Waals surface area (Å²) in [5.74, 6) is 0. The van der Waals surface area contributed by atoms with E-state index in [9.17, 15) is 8.42 Å². The van der Waals surface area contributed by atoms with Gasteiger partial charge in [0, 0.05) is 11.0 Å². The molecule has 1 rings (SSSR count). The highest BCUT2D eigenvalue weighted by atomic mass is 127. The van der Waals surface area contributed by atoms with Crippen LogP contribution in [-0.2, 0) is 16.4 Å². The van der Waals surface area contributed by atoms with Crippen molar-refractivity contribution in [3.05, 3.63) is 29.8 Å². The number of nitrogens with zero attached hydrogens (tertiary/aromatic N) is 1. The van der Waals surface area contributed by atoms with Crippen LogP contribution in [0.15, 0.2) is 29.2 Å². The Balaban J connectivity index is 2.85. The molecule has 0 fully saturated rings. The van der Waals surface area contributed by atoms with Gasteiger partial charge in [-0.25, -0.2) is 13.1 Å². The maximum atomic E-state index is 11.7. The van der Waals surface area contributed by atoms with Crippen molar-refractivity contribution in [1.29, 1.82) is 5.26 Å². The largest absolute Gasteiger partial charge is 0.240 e. The topological polar surface area (TPSA) is 70.0 Å². The Morgan fingerprint density at radius 3 is 2.44 bits per heavy atom. The fourth-order valence-electron chi connectivity index (χ4n) is 1.13. The number of benzene rings is 1. The van der Waals surface area contributed by atoms with Crippen LogP contribution in [0.1, 0.15) is 5.56 Å². The third kappa shape index (κ3) is 3.73. The Hall–Kier alpha value is -0.650. The van der Waals surface area contributed by atoms with Gasteiger partial charge >= 0.3 is 0 Å². The van der Waals surface area contributed by atoms with Crippen LogP contribution in [0.5, 0.6) is 0 Å². The summed E-state index contributed by atoms with van der Waals surface area (Å²) in [6, 6.07) is 8.35. The van der Waals surface area contributed by atoms with Crippen LogP contribution >= 0.6 is 22.6 Å². The minimum Gasteiger partial charge on any atom is -0.210 e. The van der Waals surface area contributed by atoms with Gasteiger partial charge in [0.2, 0.25) is 10.0 Å². The highest BCUT2D eigenvalue weighted by Gasteiger charge is 2.12. The van der Waals surface area contributed by atoms with Gasteiger partial charge in [-0.15, -0.1) is 0 Å². The molecule has 0 bridgehead atoms. The van der Waals surface area contributed by atoms with E-state index in [1.54, 1.807) is 12.1 Å². The summed E-state index contributed by atoms with van der Waals surface area (Å²) in [7, 11) is -3.39. The summed E-state index contributed by atoms with van der Waals surface area (Å²) < 4.78 is 26.6. The van der Waals surface area contributed by atoms with Crippen LogP contribution in [-0.4, -0.2) is 19.4 Å². The van der Waals surface area contributed by atoms with Gasteiger partial charge in [0.1, 0.15) is 0 Å². The molecule has 0 aliphatic carbocycles. The summed E-state index contributed by atoms with van der Waals surface area (Å²) in [6.07, 6.45) is 0.293. The molecule has 0 atom stereocenters. The predicted molar refractivity (Wildman–Crippen MR) is 69.8 cm³/mol. The van der Waals surface area contributed by atoms with E-state index in [0.29, 0.717) is 13.0 Å². The molecule has 6 heteroatoms. The van der Waals surface area contributed by atoms with Gasteiger partial charge in [-0.3, -0.25) is 0 Å². The van der Waals surface area contributed by atoms with Gasteiger partial charge in [-0.2, -0.15) is 5.26 Å². The predicted octanol–water partition coefficient (Wildman–Crippen LogP) is 1.47.